The largest absolute Gasteiger partial charge is 0.386 e. The molecule has 2 aromatic rings. The van der Waals surface area contributed by atoms with Crippen molar-refractivity contribution in [3.63, 3.8) is 0 Å². The third-order valence-corrected chi connectivity index (χ3v) is 2.94. The van der Waals surface area contributed by atoms with E-state index in [1.54, 1.807) is 12.1 Å². The molecule has 0 aliphatic rings. The zero-order valence-electron chi connectivity index (χ0n) is 11.2. The van der Waals surface area contributed by atoms with Gasteiger partial charge in [-0.15, -0.1) is 0 Å². The molecule has 0 heterocycles. The zero-order chi connectivity index (χ0) is 14.4. The molecule has 0 bridgehead atoms. The van der Waals surface area contributed by atoms with E-state index in [4.69, 9.17) is 5.53 Å². The van der Waals surface area contributed by atoms with Crippen LogP contribution in [0.3, 0.4) is 0 Å². The van der Waals surface area contributed by atoms with E-state index < -0.39 is 5.91 Å². The molecule has 0 atom stereocenters. The second kappa shape index (κ2) is 6.45. The van der Waals surface area contributed by atoms with E-state index in [1.807, 2.05) is 49.4 Å². The van der Waals surface area contributed by atoms with E-state index in [2.05, 4.69) is 10.1 Å². The molecule has 2 rings (SSSR count). The van der Waals surface area contributed by atoms with Gasteiger partial charge in [-0.2, -0.15) is 4.79 Å². The number of nitrogens with zero attached hydrogens (tertiary/aromatic N) is 2. The maximum absolute atomic E-state index is 12.0. The average Bonchev–Trinajstić information content (AvgIpc) is 2.49. The molecule has 0 unspecified atom stereocenters. The Balaban J connectivity index is 2.07. The van der Waals surface area contributed by atoms with Crippen molar-refractivity contribution in [3.05, 3.63) is 76.8 Å². The van der Waals surface area contributed by atoms with Gasteiger partial charge < -0.3 is 10.8 Å². The number of aryl methyl sites for hydroxylation is 1. The minimum atomic E-state index is -0.403. The van der Waals surface area contributed by atoms with E-state index >= 15 is 0 Å². The summed E-state index contributed by atoms with van der Waals surface area (Å²) in [7, 11) is 0. The summed E-state index contributed by atoms with van der Waals surface area (Å²) in [6.45, 7) is 2.35. The summed E-state index contributed by atoms with van der Waals surface area (Å²) in [5.74, 6) is -0.403. The first-order valence-electron chi connectivity index (χ1n) is 6.32. The van der Waals surface area contributed by atoms with Crippen LogP contribution in [0.25, 0.3) is 5.53 Å². The molecule has 0 saturated heterocycles. The Morgan fingerprint density at radius 1 is 1.10 bits per heavy atom. The van der Waals surface area contributed by atoms with Crippen LogP contribution in [0.4, 0.5) is 0 Å². The number of benzene rings is 2. The summed E-state index contributed by atoms with van der Waals surface area (Å²) in [5, 5.41) is 2.73. The van der Waals surface area contributed by atoms with Crippen LogP contribution in [0.2, 0.25) is 0 Å². The second-order valence-corrected chi connectivity index (χ2v) is 4.48. The highest BCUT2D eigenvalue weighted by Gasteiger charge is 2.21. The van der Waals surface area contributed by atoms with Crippen LogP contribution >= 0.6 is 0 Å². The Bertz CT molecular complexity index is 641. The molecule has 0 radical (unpaired) electrons. The van der Waals surface area contributed by atoms with Gasteiger partial charge in [-0.1, -0.05) is 48.0 Å². The lowest BCUT2D eigenvalue weighted by Gasteiger charge is -2.02. The van der Waals surface area contributed by atoms with Gasteiger partial charge >= 0.3 is 11.6 Å². The molecule has 20 heavy (non-hydrogen) atoms. The fraction of sp³-hybridized carbons (Fsp3) is 0.125. The predicted octanol–water partition coefficient (Wildman–Crippen LogP) is 2.33. The monoisotopic (exact) mass is 265 g/mol. The van der Waals surface area contributed by atoms with E-state index in [0.29, 0.717) is 12.1 Å². The Kier molecular flexibility index (Phi) is 4.43. The molecule has 0 aliphatic heterocycles. The van der Waals surface area contributed by atoms with Crippen molar-refractivity contribution in [2.45, 2.75) is 13.5 Å². The normalized spacial score (nSPS) is 9.65. The highest BCUT2D eigenvalue weighted by Crippen LogP contribution is 2.04. The fourth-order valence-electron chi connectivity index (χ4n) is 1.81. The lowest BCUT2D eigenvalue weighted by Crippen LogP contribution is -2.31. The van der Waals surface area contributed by atoms with Crippen LogP contribution in [0.5, 0.6) is 0 Å². The average molecular weight is 265 g/mol. The van der Waals surface area contributed by atoms with Crippen molar-refractivity contribution >= 4 is 11.6 Å². The molecular formula is C16H15N3O. The minimum Gasteiger partial charge on any atom is -0.361 e. The van der Waals surface area contributed by atoms with Crippen molar-refractivity contribution in [2.24, 2.45) is 0 Å². The number of hydrogen-bond donors (Lipinski definition) is 1. The maximum atomic E-state index is 12.0. The number of hydrogen-bond acceptors (Lipinski definition) is 1. The van der Waals surface area contributed by atoms with Crippen LogP contribution in [0, 0.1) is 6.92 Å². The van der Waals surface area contributed by atoms with Gasteiger partial charge in [0.15, 0.2) is 0 Å². The number of carbonyl (C=O) groups is 1. The van der Waals surface area contributed by atoms with E-state index in [1.165, 1.54) is 0 Å². The van der Waals surface area contributed by atoms with E-state index in [-0.39, 0.29) is 5.71 Å². The van der Waals surface area contributed by atoms with E-state index in [9.17, 15) is 4.79 Å². The van der Waals surface area contributed by atoms with Crippen LogP contribution in [-0.2, 0) is 11.3 Å². The third kappa shape index (κ3) is 3.40. The van der Waals surface area contributed by atoms with Crippen molar-refractivity contribution in [1.82, 2.24) is 5.32 Å². The van der Waals surface area contributed by atoms with E-state index in [0.717, 1.165) is 11.1 Å². The third-order valence-electron chi connectivity index (χ3n) is 2.94. The van der Waals surface area contributed by atoms with Gasteiger partial charge in [0.2, 0.25) is 0 Å². The minimum absolute atomic E-state index is 0.0148. The first-order chi connectivity index (χ1) is 9.70. The van der Waals surface area contributed by atoms with Crippen LogP contribution in [0.1, 0.15) is 16.7 Å². The molecule has 2 aromatic carbocycles. The van der Waals surface area contributed by atoms with Gasteiger partial charge in [-0.3, -0.25) is 4.79 Å². The smallest absolute Gasteiger partial charge is 0.361 e. The van der Waals surface area contributed by atoms with Crippen molar-refractivity contribution < 1.29 is 9.58 Å². The van der Waals surface area contributed by atoms with Gasteiger partial charge in [0.05, 0.1) is 5.56 Å². The molecule has 4 nitrogen and oxygen atoms in total. The summed E-state index contributed by atoms with van der Waals surface area (Å²) < 4.78 is 0. The van der Waals surface area contributed by atoms with Crippen LogP contribution < -0.4 is 5.32 Å². The molecule has 1 amide bonds. The molecule has 1 N–H and O–H groups in total. The Labute approximate surface area is 117 Å². The number of amides is 1. The topological polar surface area (TPSA) is 65.5 Å². The highest BCUT2D eigenvalue weighted by molar-refractivity contribution is 6.42. The van der Waals surface area contributed by atoms with Gasteiger partial charge in [0.25, 0.3) is 0 Å². The summed E-state index contributed by atoms with van der Waals surface area (Å²) in [4.78, 5) is 15.1. The molecule has 0 spiro atoms. The molecule has 100 valence electrons. The molecule has 0 aliphatic carbocycles. The fourth-order valence-corrected chi connectivity index (χ4v) is 1.81. The maximum Gasteiger partial charge on any atom is 0.386 e. The van der Waals surface area contributed by atoms with Crippen LogP contribution in [0.15, 0.2) is 54.6 Å². The Morgan fingerprint density at radius 2 is 1.75 bits per heavy atom. The molecule has 0 fully saturated rings. The summed E-state index contributed by atoms with van der Waals surface area (Å²) in [5.41, 5.74) is 11.7. The summed E-state index contributed by atoms with van der Waals surface area (Å²) >= 11 is 0. The lowest BCUT2D eigenvalue weighted by atomic mass is 10.1. The first-order valence-corrected chi connectivity index (χ1v) is 6.32. The van der Waals surface area contributed by atoms with Crippen LogP contribution in [-0.4, -0.2) is 16.4 Å². The Hall–Kier alpha value is -2.71. The number of nitrogens with one attached hydrogen (secondary N) is 1. The number of carbonyl (C=O) groups excluding carboxylic acids is 1. The Morgan fingerprint density at radius 3 is 2.35 bits per heavy atom. The summed E-state index contributed by atoms with van der Waals surface area (Å²) in [6, 6.07) is 16.8. The SMILES string of the molecule is Cc1ccc(C(=[N+]=[N-])C(=O)NCc2ccccc2)cc1. The van der Waals surface area contributed by atoms with Gasteiger partial charge in [-0.25, -0.2) is 0 Å². The molecule has 0 aromatic heterocycles. The standard InChI is InChI=1S/C16H15N3O/c1-12-7-9-14(10-8-12)15(19-17)16(20)18-11-13-5-3-2-4-6-13/h2-10H,11H2,1H3,(H,18,20). The lowest BCUT2D eigenvalue weighted by molar-refractivity contribution is -0.119. The zero-order valence-corrected chi connectivity index (χ0v) is 11.2. The van der Waals surface area contributed by atoms with Crippen molar-refractivity contribution in [1.29, 1.82) is 0 Å². The highest BCUT2D eigenvalue weighted by atomic mass is 16.1. The molecular weight excluding hydrogens is 250 g/mol. The molecule has 4 heteroatoms. The first kappa shape index (κ1) is 13.7. The number of rotatable bonds is 4. The molecule has 0 saturated carbocycles. The second-order valence-electron chi connectivity index (χ2n) is 4.48. The van der Waals surface area contributed by atoms with Gasteiger partial charge in [0, 0.05) is 6.54 Å². The van der Waals surface area contributed by atoms with Crippen molar-refractivity contribution in [3.8, 4) is 0 Å². The van der Waals surface area contributed by atoms with Gasteiger partial charge in [-0.05, 0) is 24.6 Å². The van der Waals surface area contributed by atoms with Gasteiger partial charge in [0.1, 0.15) is 0 Å². The quantitative estimate of drug-likeness (QED) is 0.514. The predicted molar refractivity (Wildman–Crippen MR) is 77.2 cm³/mol. The van der Waals surface area contributed by atoms with Crippen molar-refractivity contribution in [2.75, 3.05) is 0 Å². The summed E-state index contributed by atoms with van der Waals surface area (Å²) in [6.07, 6.45) is 0.